The van der Waals surface area contributed by atoms with E-state index in [-0.39, 0.29) is 0 Å². The number of halogens is 3. The molecule has 0 fully saturated rings. The molecule has 0 bridgehead atoms. The van der Waals surface area contributed by atoms with Crippen molar-refractivity contribution in [1.82, 2.24) is 0 Å². The molecule has 0 aliphatic rings. The van der Waals surface area contributed by atoms with Crippen molar-refractivity contribution in [2.45, 2.75) is 19.9 Å². The minimum Gasteiger partial charge on any atom is -0.494 e. The van der Waals surface area contributed by atoms with Crippen molar-refractivity contribution in [3.63, 3.8) is 0 Å². The van der Waals surface area contributed by atoms with Crippen molar-refractivity contribution in [1.29, 1.82) is 0 Å². The van der Waals surface area contributed by atoms with E-state index in [1.807, 2.05) is 24.3 Å². The molecule has 0 aromatic heterocycles. The quantitative estimate of drug-likeness (QED) is 0.644. The van der Waals surface area contributed by atoms with Gasteiger partial charge in [0.2, 0.25) is 0 Å². The molecule has 2 aromatic carbocycles. The highest BCUT2D eigenvalue weighted by atomic mass is 35.5. The topological polar surface area (TPSA) is 21.3 Å². The summed E-state index contributed by atoms with van der Waals surface area (Å²) < 4.78 is 5.54. The third kappa shape index (κ3) is 4.44. The highest BCUT2D eigenvalue weighted by molar-refractivity contribution is 6.44. The molecule has 0 amide bonds. The van der Waals surface area contributed by atoms with Crippen LogP contribution in [0, 0.1) is 0 Å². The number of ether oxygens (including phenoxy) is 1. The van der Waals surface area contributed by atoms with Crippen LogP contribution in [0.4, 0.5) is 5.69 Å². The SMILES string of the molecule is CCCOc1ccc(NCc2c(Cl)ccc(Cl)c2Cl)cc1. The van der Waals surface area contributed by atoms with Gasteiger partial charge in [-0.2, -0.15) is 0 Å². The molecule has 0 heterocycles. The average molecular weight is 345 g/mol. The van der Waals surface area contributed by atoms with Crippen molar-refractivity contribution in [3.05, 3.63) is 57.0 Å². The van der Waals surface area contributed by atoms with Crippen molar-refractivity contribution in [2.24, 2.45) is 0 Å². The van der Waals surface area contributed by atoms with E-state index in [2.05, 4.69) is 12.2 Å². The van der Waals surface area contributed by atoms with Gasteiger partial charge in [0, 0.05) is 22.8 Å². The Morgan fingerprint density at radius 1 is 0.952 bits per heavy atom. The Kier molecular flexibility index (Phi) is 6.04. The Balaban J connectivity index is 2.02. The maximum Gasteiger partial charge on any atom is 0.119 e. The smallest absolute Gasteiger partial charge is 0.119 e. The zero-order valence-electron chi connectivity index (χ0n) is 11.6. The van der Waals surface area contributed by atoms with Gasteiger partial charge in [0.25, 0.3) is 0 Å². The molecule has 5 heteroatoms. The Morgan fingerprint density at radius 3 is 2.29 bits per heavy atom. The summed E-state index contributed by atoms with van der Waals surface area (Å²) in [4.78, 5) is 0. The van der Waals surface area contributed by atoms with E-state index in [0.717, 1.165) is 30.0 Å². The van der Waals surface area contributed by atoms with Crippen LogP contribution in [0.2, 0.25) is 15.1 Å². The van der Waals surface area contributed by atoms with Gasteiger partial charge in [0.15, 0.2) is 0 Å². The van der Waals surface area contributed by atoms with Gasteiger partial charge in [-0.1, -0.05) is 41.7 Å². The zero-order chi connectivity index (χ0) is 15.2. The van der Waals surface area contributed by atoms with Crippen LogP contribution in [0.1, 0.15) is 18.9 Å². The van der Waals surface area contributed by atoms with Gasteiger partial charge in [-0.25, -0.2) is 0 Å². The van der Waals surface area contributed by atoms with Crippen LogP contribution in [0.3, 0.4) is 0 Å². The van der Waals surface area contributed by atoms with E-state index in [1.54, 1.807) is 12.1 Å². The summed E-state index contributed by atoms with van der Waals surface area (Å²) in [6, 6.07) is 11.2. The van der Waals surface area contributed by atoms with E-state index in [1.165, 1.54) is 0 Å². The predicted octanol–water partition coefficient (Wildman–Crippen LogP) is 6.05. The van der Waals surface area contributed by atoms with Crippen LogP contribution in [-0.2, 0) is 6.54 Å². The predicted molar refractivity (Wildman–Crippen MR) is 91.0 cm³/mol. The lowest BCUT2D eigenvalue weighted by Gasteiger charge is -2.11. The second-order valence-corrected chi connectivity index (χ2v) is 5.74. The standard InChI is InChI=1S/C16H16Cl3NO/c1-2-9-21-12-5-3-11(4-6-12)20-10-13-14(17)7-8-15(18)16(13)19/h3-8,20H,2,9-10H2,1H3. The first-order valence-electron chi connectivity index (χ1n) is 6.71. The first-order valence-corrected chi connectivity index (χ1v) is 7.84. The van der Waals surface area contributed by atoms with E-state index < -0.39 is 0 Å². The van der Waals surface area contributed by atoms with Crippen LogP contribution in [0.15, 0.2) is 36.4 Å². The van der Waals surface area contributed by atoms with E-state index in [0.29, 0.717) is 21.6 Å². The molecule has 112 valence electrons. The maximum absolute atomic E-state index is 6.17. The molecule has 0 saturated carbocycles. The lowest BCUT2D eigenvalue weighted by Crippen LogP contribution is -2.01. The van der Waals surface area contributed by atoms with Gasteiger partial charge in [0.05, 0.1) is 16.7 Å². The minimum absolute atomic E-state index is 0.486. The third-order valence-electron chi connectivity index (χ3n) is 2.94. The number of anilines is 1. The first kappa shape index (κ1) is 16.3. The number of hydrogen-bond acceptors (Lipinski definition) is 2. The van der Waals surface area contributed by atoms with Crippen LogP contribution >= 0.6 is 34.8 Å². The van der Waals surface area contributed by atoms with E-state index in [9.17, 15) is 0 Å². The lowest BCUT2D eigenvalue weighted by atomic mass is 10.2. The maximum atomic E-state index is 6.17. The Bertz CT molecular complexity index is 599. The fraction of sp³-hybridized carbons (Fsp3) is 0.250. The summed E-state index contributed by atoms with van der Waals surface area (Å²) in [5.74, 6) is 0.862. The van der Waals surface area contributed by atoms with Crippen molar-refractivity contribution in [2.75, 3.05) is 11.9 Å². The van der Waals surface area contributed by atoms with Crippen LogP contribution in [0.25, 0.3) is 0 Å². The molecule has 0 radical (unpaired) electrons. The molecule has 2 aromatic rings. The summed E-state index contributed by atoms with van der Waals surface area (Å²) in [7, 11) is 0. The van der Waals surface area contributed by atoms with Gasteiger partial charge in [0.1, 0.15) is 5.75 Å². The largest absolute Gasteiger partial charge is 0.494 e. The normalized spacial score (nSPS) is 10.5. The Hall–Kier alpha value is -1.09. The summed E-state index contributed by atoms with van der Waals surface area (Å²) in [6.07, 6.45) is 0.992. The highest BCUT2D eigenvalue weighted by Gasteiger charge is 2.09. The lowest BCUT2D eigenvalue weighted by molar-refractivity contribution is 0.317. The molecule has 0 aliphatic heterocycles. The summed E-state index contributed by atoms with van der Waals surface area (Å²) in [5, 5.41) is 4.85. The fourth-order valence-corrected chi connectivity index (χ4v) is 2.49. The van der Waals surface area contributed by atoms with Gasteiger partial charge in [-0.15, -0.1) is 0 Å². The number of rotatable bonds is 6. The van der Waals surface area contributed by atoms with E-state index >= 15 is 0 Å². The number of benzene rings is 2. The molecule has 2 rings (SSSR count). The average Bonchev–Trinajstić information content (AvgIpc) is 2.50. The Morgan fingerprint density at radius 2 is 1.62 bits per heavy atom. The molecule has 21 heavy (non-hydrogen) atoms. The summed E-state index contributed by atoms with van der Waals surface area (Å²) in [6.45, 7) is 3.31. The Labute approximate surface area is 140 Å². The van der Waals surface area contributed by atoms with Crippen molar-refractivity contribution in [3.8, 4) is 5.75 Å². The molecule has 1 N–H and O–H groups in total. The van der Waals surface area contributed by atoms with Crippen molar-refractivity contribution < 1.29 is 4.74 Å². The van der Waals surface area contributed by atoms with Gasteiger partial charge in [-0.3, -0.25) is 0 Å². The molecule has 0 unspecified atom stereocenters. The van der Waals surface area contributed by atoms with Gasteiger partial charge >= 0.3 is 0 Å². The fourth-order valence-electron chi connectivity index (χ4n) is 1.81. The summed E-state index contributed by atoms with van der Waals surface area (Å²) in [5.41, 5.74) is 1.75. The van der Waals surface area contributed by atoms with Crippen molar-refractivity contribution >= 4 is 40.5 Å². The molecule has 0 saturated heterocycles. The first-order chi connectivity index (χ1) is 10.1. The summed E-state index contributed by atoms with van der Waals surface area (Å²) >= 11 is 18.3. The molecule has 0 aliphatic carbocycles. The van der Waals surface area contributed by atoms with Gasteiger partial charge < -0.3 is 10.1 Å². The molecule has 2 nitrogen and oxygen atoms in total. The second kappa shape index (κ2) is 7.79. The van der Waals surface area contributed by atoms with E-state index in [4.69, 9.17) is 39.5 Å². The minimum atomic E-state index is 0.486. The number of hydrogen-bond donors (Lipinski definition) is 1. The molecule has 0 spiro atoms. The monoisotopic (exact) mass is 343 g/mol. The van der Waals surface area contributed by atoms with Crippen LogP contribution in [0.5, 0.6) is 5.75 Å². The third-order valence-corrected chi connectivity index (χ3v) is 4.13. The molecule has 0 atom stereocenters. The molecular weight excluding hydrogens is 329 g/mol. The zero-order valence-corrected chi connectivity index (χ0v) is 13.9. The van der Waals surface area contributed by atoms with Crippen LogP contribution < -0.4 is 10.1 Å². The highest BCUT2D eigenvalue weighted by Crippen LogP contribution is 2.32. The second-order valence-electron chi connectivity index (χ2n) is 4.55. The number of nitrogens with one attached hydrogen (secondary N) is 1. The van der Waals surface area contributed by atoms with Gasteiger partial charge in [-0.05, 0) is 42.8 Å². The molecular formula is C16H16Cl3NO. The van der Waals surface area contributed by atoms with Crippen LogP contribution in [-0.4, -0.2) is 6.61 Å².